The monoisotopic (exact) mass is 283 g/mol. The van der Waals surface area contributed by atoms with E-state index in [2.05, 4.69) is 5.32 Å². The van der Waals surface area contributed by atoms with Gasteiger partial charge in [0, 0.05) is 12.1 Å². The zero-order valence-electron chi connectivity index (χ0n) is 11.5. The Morgan fingerprint density at radius 3 is 2.65 bits per heavy atom. The fourth-order valence-electron chi connectivity index (χ4n) is 2.58. The molecule has 1 unspecified atom stereocenters. The first kappa shape index (κ1) is 15.2. The smallest absolute Gasteiger partial charge is 0.165 e. The first-order valence-electron chi connectivity index (χ1n) is 7.06. The van der Waals surface area contributed by atoms with Gasteiger partial charge in [-0.15, -0.1) is 0 Å². The molecule has 0 amide bonds. The van der Waals surface area contributed by atoms with Gasteiger partial charge in [0.05, 0.1) is 6.61 Å². The van der Waals surface area contributed by atoms with E-state index in [1.165, 1.54) is 12.1 Å². The Morgan fingerprint density at radius 1 is 1.30 bits per heavy atom. The lowest BCUT2D eigenvalue weighted by Crippen LogP contribution is -2.49. The van der Waals surface area contributed by atoms with E-state index in [1.54, 1.807) is 12.1 Å². The third-order valence-corrected chi connectivity index (χ3v) is 3.84. The summed E-state index contributed by atoms with van der Waals surface area (Å²) in [5.74, 6) is -0.292. The fourth-order valence-corrected chi connectivity index (χ4v) is 2.58. The van der Waals surface area contributed by atoms with E-state index in [9.17, 15) is 14.6 Å². The van der Waals surface area contributed by atoms with Crippen LogP contribution in [0.3, 0.4) is 0 Å². The van der Waals surface area contributed by atoms with Gasteiger partial charge < -0.3 is 20.3 Å². The van der Waals surface area contributed by atoms with Crippen molar-refractivity contribution in [3.05, 3.63) is 30.1 Å². The van der Waals surface area contributed by atoms with Gasteiger partial charge in [0.2, 0.25) is 0 Å². The van der Waals surface area contributed by atoms with Crippen molar-refractivity contribution >= 4 is 0 Å². The zero-order valence-corrected chi connectivity index (χ0v) is 11.5. The molecule has 0 spiro atoms. The number of hydrogen-bond acceptors (Lipinski definition) is 4. The Morgan fingerprint density at radius 2 is 2.00 bits per heavy atom. The molecule has 1 aliphatic rings. The third-order valence-electron chi connectivity index (χ3n) is 3.84. The summed E-state index contributed by atoms with van der Waals surface area (Å²) in [6.07, 6.45) is 3.29. The quantitative estimate of drug-likeness (QED) is 0.709. The van der Waals surface area contributed by atoms with Crippen LogP contribution in [0, 0.1) is 5.82 Å². The van der Waals surface area contributed by atoms with Crippen LogP contribution >= 0.6 is 0 Å². The molecule has 3 N–H and O–H groups in total. The molecule has 1 aliphatic carbocycles. The highest BCUT2D eigenvalue weighted by Crippen LogP contribution is 2.28. The summed E-state index contributed by atoms with van der Waals surface area (Å²) in [6, 6.07) is 6.12. The van der Waals surface area contributed by atoms with E-state index in [1.807, 2.05) is 0 Å². The Balaban J connectivity index is 1.75. The van der Waals surface area contributed by atoms with Gasteiger partial charge in [-0.25, -0.2) is 4.39 Å². The highest BCUT2D eigenvalue weighted by atomic mass is 19.1. The first-order chi connectivity index (χ1) is 9.65. The van der Waals surface area contributed by atoms with Crippen molar-refractivity contribution in [3.63, 3.8) is 0 Å². The number of para-hydroxylation sites is 1. The number of aliphatic hydroxyl groups is 2. The lowest BCUT2D eigenvalue weighted by Gasteiger charge is -2.29. The Bertz CT molecular complexity index is 421. The molecular formula is C15H22FNO3. The second-order valence-electron chi connectivity index (χ2n) is 5.42. The second kappa shape index (κ2) is 7.02. The van der Waals surface area contributed by atoms with Gasteiger partial charge in [0.1, 0.15) is 12.7 Å². The molecule has 1 saturated carbocycles. The predicted octanol–water partition coefficient (Wildman–Crippen LogP) is 1.46. The summed E-state index contributed by atoms with van der Waals surface area (Å²) < 4.78 is 18.6. The summed E-state index contributed by atoms with van der Waals surface area (Å²) >= 11 is 0. The maximum absolute atomic E-state index is 13.3. The van der Waals surface area contributed by atoms with Crippen LogP contribution in [0.15, 0.2) is 24.3 Å². The van der Waals surface area contributed by atoms with Crippen molar-refractivity contribution in [2.75, 3.05) is 19.8 Å². The van der Waals surface area contributed by atoms with Crippen LogP contribution in [0.1, 0.15) is 25.7 Å². The molecule has 4 nitrogen and oxygen atoms in total. The van der Waals surface area contributed by atoms with Crippen molar-refractivity contribution < 1.29 is 19.3 Å². The largest absolute Gasteiger partial charge is 0.488 e. The SMILES string of the molecule is OCC1(NCC(O)COc2ccccc2F)CCCC1. The second-order valence-corrected chi connectivity index (χ2v) is 5.42. The molecule has 0 heterocycles. The van der Waals surface area contributed by atoms with E-state index < -0.39 is 11.9 Å². The lowest BCUT2D eigenvalue weighted by molar-refractivity contribution is 0.0835. The molecule has 0 aliphatic heterocycles. The molecule has 1 aromatic carbocycles. The Kier molecular flexibility index (Phi) is 5.34. The van der Waals surface area contributed by atoms with Gasteiger partial charge in [-0.05, 0) is 25.0 Å². The predicted molar refractivity (Wildman–Crippen MR) is 74.2 cm³/mol. The minimum atomic E-state index is -0.737. The van der Waals surface area contributed by atoms with Gasteiger partial charge in [0.15, 0.2) is 11.6 Å². The number of aliphatic hydroxyl groups excluding tert-OH is 2. The molecule has 0 radical (unpaired) electrons. The highest BCUT2D eigenvalue weighted by molar-refractivity contribution is 5.23. The van der Waals surface area contributed by atoms with Crippen molar-refractivity contribution in [2.24, 2.45) is 0 Å². The van der Waals surface area contributed by atoms with E-state index in [0.717, 1.165) is 25.7 Å². The topological polar surface area (TPSA) is 61.7 Å². The highest BCUT2D eigenvalue weighted by Gasteiger charge is 2.32. The molecule has 0 aromatic heterocycles. The van der Waals surface area contributed by atoms with Gasteiger partial charge in [-0.1, -0.05) is 25.0 Å². The van der Waals surface area contributed by atoms with Crippen LogP contribution < -0.4 is 10.1 Å². The van der Waals surface area contributed by atoms with Gasteiger partial charge >= 0.3 is 0 Å². The van der Waals surface area contributed by atoms with E-state index >= 15 is 0 Å². The van der Waals surface area contributed by atoms with Gasteiger partial charge in [-0.2, -0.15) is 0 Å². The molecule has 112 valence electrons. The third kappa shape index (κ3) is 3.91. The van der Waals surface area contributed by atoms with E-state index in [4.69, 9.17) is 4.74 Å². The summed E-state index contributed by atoms with van der Waals surface area (Å²) in [5, 5.41) is 22.6. The first-order valence-corrected chi connectivity index (χ1v) is 7.06. The molecular weight excluding hydrogens is 261 g/mol. The molecule has 2 rings (SSSR count). The Hall–Kier alpha value is -1.17. The maximum atomic E-state index is 13.3. The number of nitrogens with one attached hydrogen (secondary N) is 1. The van der Waals surface area contributed by atoms with Crippen molar-refractivity contribution in [1.82, 2.24) is 5.32 Å². The maximum Gasteiger partial charge on any atom is 0.165 e. The van der Waals surface area contributed by atoms with Gasteiger partial charge in [-0.3, -0.25) is 0 Å². The molecule has 1 fully saturated rings. The fraction of sp³-hybridized carbons (Fsp3) is 0.600. The average molecular weight is 283 g/mol. The zero-order chi connectivity index (χ0) is 14.4. The number of halogens is 1. The minimum Gasteiger partial charge on any atom is -0.488 e. The Labute approximate surface area is 118 Å². The molecule has 0 saturated heterocycles. The lowest BCUT2D eigenvalue weighted by atomic mass is 9.99. The van der Waals surface area contributed by atoms with Crippen LogP contribution in [-0.2, 0) is 0 Å². The molecule has 1 atom stereocenters. The number of rotatable bonds is 7. The normalized spacial score (nSPS) is 18.9. The van der Waals surface area contributed by atoms with Crippen molar-refractivity contribution in [3.8, 4) is 5.75 Å². The van der Waals surface area contributed by atoms with Crippen molar-refractivity contribution in [1.29, 1.82) is 0 Å². The summed E-state index contributed by atoms with van der Waals surface area (Å²) in [6.45, 7) is 0.429. The molecule has 0 bridgehead atoms. The van der Waals surface area contributed by atoms with Crippen LogP contribution in [0.5, 0.6) is 5.75 Å². The van der Waals surface area contributed by atoms with Crippen LogP contribution in [-0.4, -0.2) is 41.6 Å². The van der Waals surface area contributed by atoms with Crippen molar-refractivity contribution in [2.45, 2.75) is 37.3 Å². The summed E-state index contributed by atoms with van der Waals surface area (Å²) in [4.78, 5) is 0. The van der Waals surface area contributed by atoms with E-state index in [0.29, 0.717) is 6.54 Å². The number of hydrogen-bond donors (Lipinski definition) is 3. The molecule has 5 heteroatoms. The van der Waals surface area contributed by atoms with Gasteiger partial charge in [0.25, 0.3) is 0 Å². The summed E-state index contributed by atoms with van der Waals surface area (Å²) in [7, 11) is 0. The minimum absolute atomic E-state index is 0.0233. The number of benzene rings is 1. The average Bonchev–Trinajstić information content (AvgIpc) is 2.94. The number of ether oxygens (including phenoxy) is 1. The van der Waals surface area contributed by atoms with Crippen LogP contribution in [0.25, 0.3) is 0 Å². The molecule has 1 aromatic rings. The summed E-state index contributed by atoms with van der Waals surface area (Å²) in [5.41, 5.74) is -0.265. The standard InChI is InChI=1S/C15H22FNO3/c16-13-5-1-2-6-14(13)20-10-12(19)9-17-15(11-18)7-3-4-8-15/h1-2,5-6,12,17-19H,3-4,7-11H2. The number of β-amino-alcohol motifs (C(OH)–C–C–N with tert-alkyl or cyclic N) is 1. The van der Waals surface area contributed by atoms with Crippen LogP contribution in [0.2, 0.25) is 0 Å². The molecule has 20 heavy (non-hydrogen) atoms. The van der Waals surface area contributed by atoms with E-state index in [-0.39, 0.29) is 24.5 Å². The van der Waals surface area contributed by atoms with Crippen LogP contribution in [0.4, 0.5) is 4.39 Å².